The lowest BCUT2D eigenvalue weighted by Crippen LogP contribution is -2.55. The molecule has 0 unspecified atom stereocenters. The van der Waals surface area contributed by atoms with Crippen LogP contribution in [0.5, 0.6) is 5.75 Å². The third-order valence-corrected chi connectivity index (χ3v) is 7.48. The van der Waals surface area contributed by atoms with E-state index in [0.29, 0.717) is 0 Å². The zero-order valence-electron chi connectivity index (χ0n) is 18.0. The van der Waals surface area contributed by atoms with E-state index in [0.717, 1.165) is 68.5 Å². The fourth-order valence-corrected chi connectivity index (χ4v) is 5.95. The van der Waals surface area contributed by atoms with E-state index in [1.807, 2.05) is 23.5 Å². The first-order chi connectivity index (χ1) is 14.6. The number of hydrogen-bond donors (Lipinski definition) is 0. The Bertz CT molecular complexity index is 1020. The number of thiophene rings is 1. The number of aryl methyl sites for hydroxylation is 1. The number of aromatic nitrogens is 3. The first kappa shape index (κ1) is 19.7. The molecular weight excluding hydrogens is 394 g/mol. The van der Waals surface area contributed by atoms with Crippen molar-refractivity contribution in [2.45, 2.75) is 38.4 Å². The fraction of sp³-hybridized carbons (Fsp3) is 0.478. The normalized spacial score (nSPS) is 19.2. The lowest BCUT2D eigenvalue weighted by atomic mass is 9.84. The smallest absolute Gasteiger partial charge is 0.164 e. The van der Waals surface area contributed by atoms with E-state index in [4.69, 9.17) is 4.74 Å². The molecule has 6 nitrogen and oxygen atoms in total. The number of benzene rings is 1. The molecule has 0 aliphatic carbocycles. The summed E-state index contributed by atoms with van der Waals surface area (Å²) in [5.74, 6) is 2.93. The zero-order chi connectivity index (χ0) is 20.7. The third-order valence-electron chi connectivity index (χ3n) is 6.49. The Hall–Kier alpha value is -2.22. The summed E-state index contributed by atoms with van der Waals surface area (Å²) in [7, 11) is 3.90. The molecule has 2 aromatic heterocycles. The van der Waals surface area contributed by atoms with Crippen LogP contribution in [0.15, 0.2) is 36.4 Å². The Labute approximate surface area is 182 Å². The van der Waals surface area contributed by atoms with Gasteiger partial charge in [-0.2, -0.15) is 0 Å². The Kier molecular flexibility index (Phi) is 5.13. The topological polar surface area (TPSA) is 46.4 Å². The molecule has 1 saturated heterocycles. The summed E-state index contributed by atoms with van der Waals surface area (Å²) < 4.78 is 7.79. The van der Waals surface area contributed by atoms with Crippen LogP contribution in [-0.4, -0.2) is 58.4 Å². The van der Waals surface area contributed by atoms with Crippen LogP contribution in [0.1, 0.15) is 28.4 Å². The highest BCUT2D eigenvalue weighted by Crippen LogP contribution is 2.39. The second-order valence-corrected chi connectivity index (χ2v) is 10.1. The SMILES string of the molecule is COc1ccc(-c2nnc3n2C2(CCN(Cc4ccc(C)s4)CC2)CN(C)C3)cc1. The van der Waals surface area contributed by atoms with Gasteiger partial charge in [0.2, 0.25) is 0 Å². The zero-order valence-corrected chi connectivity index (χ0v) is 18.8. The van der Waals surface area contributed by atoms with Crippen LogP contribution in [0.2, 0.25) is 0 Å². The maximum atomic E-state index is 5.33. The molecule has 1 aromatic carbocycles. The monoisotopic (exact) mass is 423 g/mol. The van der Waals surface area contributed by atoms with Crippen LogP contribution in [0.25, 0.3) is 11.4 Å². The van der Waals surface area contributed by atoms with E-state index in [1.54, 1.807) is 7.11 Å². The number of methoxy groups -OCH3 is 1. The van der Waals surface area contributed by atoms with Gasteiger partial charge >= 0.3 is 0 Å². The summed E-state index contributed by atoms with van der Waals surface area (Å²) in [5, 5.41) is 9.22. The molecule has 0 atom stereocenters. The second kappa shape index (κ2) is 7.80. The second-order valence-electron chi connectivity index (χ2n) is 8.69. The number of fused-ring (bicyclic) bond motifs is 2. The van der Waals surface area contributed by atoms with Crippen molar-refractivity contribution in [1.82, 2.24) is 24.6 Å². The van der Waals surface area contributed by atoms with Crippen molar-refractivity contribution in [3.8, 4) is 17.1 Å². The van der Waals surface area contributed by atoms with Gasteiger partial charge in [-0.05, 0) is 63.2 Å². The minimum Gasteiger partial charge on any atom is -0.497 e. The minimum absolute atomic E-state index is 0.0585. The van der Waals surface area contributed by atoms with E-state index in [2.05, 4.69) is 62.8 Å². The predicted octanol–water partition coefficient (Wildman–Crippen LogP) is 3.76. The number of likely N-dealkylation sites (tertiary alicyclic amines) is 1. The lowest BCUT2D eigenvalue weighted by Gasteiger charge is -2.48. The molecule has 158 valence electrons. The standard InChI is InChI=1S/C23H29N5OS/c1-17-4-9-20(30-17)14-27-12-10-23(11-13-27)16-26(2)15-21-24-25-22(28(21)23)18-5-7-19(29-3)8-6-18/h4-9H,10-16H2,1-3H3. The molecule has 2 aliphatic rings. The quantitative estimate of drug-likeness (QED) is 0.639. The Morgan fingerprint density at radius 1 is 1.07 bits per heavy atom. The predicted molar refractivity (Wildman–Crippen MR) is 120 cm³/mol. The van der Waals surface area contributed by atoms with E-state index >= 15 is 0 Å². The van der Waals surface area contributed by atoms with Crippen molar-refractivity contribution in [2.75, 3.05) is 33.8 Å². The number of nitrogens with zero attached hydrogens (tertiary/aromatic N) is 5. The highest BCUT2D eigenvalue weighted by atomic mass is 32.1. The molecule has 1 fully saturated rings. The van der Waals surface area contributed by atoms with Crippen molar-refractivity contribution in [1.29, 1.82) is 0 Å². The molecule has 1 spiro atoms. The molecule has 30 heavy (non-hydrogen) atoms. The summed E-state index contributed by atoms with van der Waals surface area (Å²) >= 11 is 1.92. The molecular formula is C23H29N5OS. The van der Waals surface area contributed by atoms with E-state index in [-0.39, 0.29) is 5.54 Å². The van der Waals surface area contributed by atoms with Gasteiger partial charge in [0.25, 0.3) is 0 Å². The molecule has 7 heteroatoms. The van der Waals surface area contributed by atoms with Crippen molar-refractivity contribution < 1.29 is 4.74 Å². The average Bonchev–Trinajstić information content (AvgIpc) is 3.36. The molecule has 0 saturated carbocycles. The summed E-state index contributed by atoms with van der Waals surface area (Å²) in [4.78, 5) is 7.86. The molecule has 3 aromatic rings. The molecule has 0 amide bonds. The summed E-state index contributed by atoms with van der Waals surface area (Å²) in [6.45, 7) is 7.35. The maximum Gasteiger partial charge on any atom is 0.164 e. The van der Waals surface area contributed by atoms with Gasteiger partial charge in [-0.1, -0.05) is 0 Å². The third kappa shape index (κ3) is 3.55. The largest absolute Gasteiger partial charge is 0.497 e. The van der Waals surface area contributed by atoms with Gasteiger partial charge in [-0.25, -0.2) is 0 Å². The number of likely N-dealkylation sites (N-methyl/N-ethyl adjacent to an activating group) is 1. The lowest BCUT2D eigenvalue weighted by molar-refractivity contribution is 0.0494. The Balaban J connectivity index is 1.42. The van der Waals surface area contributed by atoms with Crippen LogP contribution in [0.4, 0.5) is 0 Å². The minimum atomic E-state index is 0.0585. The summed E-state index contributed by atoms with van der Waals surface area (Å²) in [5.41, 5.74) is 1.16. The highest BCUT2D eigenvalue weighted by Gasteiger charge is 2.43. The molecule has 4 heterocycles. The number of ether oxygens (including phenoxy) is 1. The van der Waals surface area contributed by atoms with Crippen LogP contribution >= 0.6 is 11.3 Å². The number of piperidine rings is 1. The van der Waals surface area contributed by atoms with Crippen LogP contribution in [0.3, 0.4) is 0 Å². The van der Waals surface area contributed by atoms with Gasteiger partial charge in [-0.15, -0.1) is 21.5 Å². The van der Waals surface area contributed by atoms with E-state index in [9.17, 15) is 0 Å². The maximum absolute atomic E-state index is 5.33. The molecule has 0 bridgehead atoms. The van der Waals surface area contributed by atoms with Gasteiger partial charge in [-0.3, -0.25) is 9.80 Å². The van der Waals surface area contributed by atoms with Crippen molar-refractivity contribution in [3.05, 3.63) is 52.0 Å². The Morgan fingerprint density at radius 2 is 1.83 bits per heavy atom. The molecule has 0 N–H and O–H groups in total. The fourth-order valence-electron chi connectivity index (χ4n) is 5.01. The first-order valence-corrected chi connectivity index (χ1v) is 11.4. The van der Waals surface area contributed by atoms with Crippen LogP contribution in [-0.2, 0) is 18.6 Å². The number of rotatable bonds is 4. The Morgan fingerprint density at radius 3 is 2.50 bits per heavy atom. The molecule has 5 rings (SSSR count). The first-order valence-electron chi connectivity index (χ1n) is 10.6. The van der Waals surface area contributed by atoms with Crippen LogP contribution in [0, 0.1) is 6.92 Å². The van der Waals surface area contributed by atoms with Gasteiger partial charge in [0, 0.05) is 41.5 Å². The summed E-state index contributed by atoms with van der Waals surface area (Å²) in [6, 6.07) is 12.7. The van der Waals surface area contributed by atoms with Crippen molar-refractivity contribution >= 4 is 11.3 Å². The van der Waals surface area contributed by atoms with Gasteiger partial charge < -0.3 is 9.30 Å². The van der Waals surface area contributed by atoms with E-state index < -0.39 is 0 Å². The molecule has 2 aliphatic heterocycles. The van der Waals surface area contributed by atoms with Gasteiger partial charge in [0.1, 0.15) is 11.6 Å². The van der Waals surface area contributed by atoms with Crippen molar-refractivity contribution in [3.63, 3.8) is 0 Å². The summed E-state index contributed by atoms with van der Waals surface area (Å²) in [6.07, 6.45) is 2.24. The van der Waals surface area contributed by atoms with Gasteiger partial charge in [0.15, 0.2) is 5.82 Å². The van der Waals surface area contributed by atoms with Crippen LogP contribution < -0.4 is 4.74 Å². The highest BCUT2D eigenvalue weighted by molar-refractivity contribution is 7.11. The van der Waals surface area contributed by atoms with E-state index in [1.165, 1.54) is 9.75 Å². The molecule has 0 radical (unpaired) electrons. The van der Waals surface area contributed by atoms with Crippen molar-refractivity contribution in [2.24, 2.45) is 0 Å². The van der Waals surface area contributed by atoms with Gasteiger partial charge in [0.05, 0.1) is 19.2 Å². The average molecular weight is 424 g/mol. The number of hydrogen-bond acceptors (Lipinski definition) is 6.